The van der Waals surface area contributed by atoms with Gasteiger partial charge >= 0.3 is 26.2 Å². The van der Waals surface area contributed by atoms with Crippen molar-refractivity contribution >= 4 is 0 Å². The molecule has 0 radical (unpaired) electrons. The number of hydrogen-bond acceptors (Lipinski definition) is 0. The Morgan fingerprint density at radius 2 is 1.08 bits per heavy atom. The van der Waals surface area contributed by atoms with Gasteiger partial charge in [-0.2, -0.15) is 11.1 Å². The first-order chi connectivity index (χ1) is 11.1. The van der Waals surface area contributed by atoms with E-state index >= 15 is 0 Å². The smallest absolute Gasteiger partial charge is 0.249 e. The van der Waals surface area contributed by atoms with Crippen molar-refractivity contribution < 1.29 is 26.2 Å². The molecule has 2 rings (SSSR count). The zero-order chi connectivity index (χ0) is 18.4. The molecule has 0 bridgehead atoms. The summed E-state index contributed by atoms with van der Waals surface area (Å²) in [5.74, 6) is 0. The molecule has 138 valence electrons. The van der Waals surface area contributed by atoms with Gasteiger partial charge in [0.05, 0.1) is 0 Å². The van der Waals surface area contributed by atoms with Crippen molar-refractivity contribution in [3.63, 3.8) is 0 Å². The monoisotopic (exact) mass is 416 g/mol. The van der Waals surface area contributed by atoms with Crippen molar-refractivity contribution in [2.75, 3.05) is 0 Å². The molecule has 2 aliphatic carbocycles. The summed E-state index contributed by atoms with van der Waals surface area (Å²) in [4.78, 5) is 0. The van der Waals surface area contributed by atoms with Crippen LogP contribution >= 0.6 is 0 Å². The van der Waals surface area contributed by atoms with Crippen LogP contribution in [0.15, 0.2) is 34.4 Å². The van der Waals surface area contributed by atoms with Gasteiger partial charge in [0.25, 0.3) is 0 Å². The topological polar surface area (TPSA) is 0 Å². The second kappa shape index (κ2) is 10.9. The number of hydrogen-bond donors (Lipinski definition) is 0. The third kappa shape index (κ3) is 7.94. The van der Waals surface area contributed by atoms with Gasteiger partial charge in [0, 0.05) is 0 Å². The number of allylic oxidation sites excluding steroid dienone is 8. The second-order valence-electron chi connectivity index (χ2n) is 8.72. The van der Waals surface area contributed by atoms with Crippen molar-refractivity contribution in [3.8, 4) is 0 Å². The molecule has 0 nitrogen and oxygen atoms in total. The maximum atomic E-state index is 3.46. The summed E-state index contributed by atoms with van der Waals surface area (Å²) >= 11 is 0. The molecule has 0 saturated heterocycles. The molecule has 0 fully saturated rings. The molecule has 0 aromatic heterocycles. The fraction of sp³-hybridized carbons (Fsp3) is 0.667. The molecule has 0 unspecified atom stereocenters. The summed E-state index contributed by atoms with van der Waals surface area (Å²) in [7, 11) is 0. The molecule has 0 amide bonds. The maximum Gasteiger partial charge on any atom is 2.00 e. The van der Waals surface area contributed by atoms with Crippen LogP contribution in [0, 0.1) is 23.0 Å². The van der Waals surface area contributed by atoms with Crippen LogP contribution < -0.4 is 0 Å². The fourth-order valence-corrected chi connectivity index (χ4v) is 3.58. The van der Waals surface area contributed by atoms with E-state index < -0.39 is 0 Å². The fourth-order valence-electron chi connectivity index (χ4n) is 3.58. The molecule has 0 atom stereocenters. The van der Waals surface area contributed by atoms with Crippen LogP contribution in [0.25, 0.3) is 0 Å². The molecule has 1 heteroatoms. The van der Waals surface area contributed by atoms with Crippen molar-refractivity contribution in [1.82, 2.24) is 0 Å². The van der Waals surface area contributed by atoms with Gasteiger partial charge in [0.2, 0.25) is 0 Å². The van der Waals surface area contributed by atoms with Gasteiger partial charge in [-0.1, -0.05) is 81.1 Å². The summed E-state index contributed by atoms with van der Waals surface area (Å²) in [5, 5.41) is 0. The largest absolute Gasteiger partial charge is 2.00 e. The van der Waals surface area contributed by atoms with Crippen LogP contribution in [0.5, 0.6) is 0 Å². The standard InChI is InChI=1S/2C12H19.Zr/c2*1-5-8-12(3,4)11-7-6-10(2)9-11;/h2*7H,5-6,8H2,1-4H3;/q2*-1;+2. The van der Waals surface area contributed by atoms with Crippen LogP contribution in [0.4, 0.5) is 0 Å². The molecular formula is C24H38Zr. The van der Waals surface area contributed by atoms with Gasteiger partial charge in [-0.05, 0) is 23.7 Å². The van der Waals surface area contributed by atoms with E-state index in [9.17, 15) is 0 Å². The van der Waals surface area contributed by atoms with Gasteiger partial charge < -0.3 is 0 Å². The summed E-state index contributed by atoms with van der Waals surface area (Å²) in [6, 6.07) is 0. The minimum absolute atomic E-state index is 0. The Labute approximate surface area is 177 Å². The van der Waals surface area contributed by atoms with Crippen LogP contribution in [-0.2, 0) is 26.2 Å². The first kappa shape index (κ1) is 24.8. The third-order valence-corrected chi connectivity index (χ3v) is 5.13. The molecule has 25 heavy (non-hydrogen) atoms. The minimum Gasteiger partial charge on any atom is -0.249 e. The Hall–Kier alpha value is -0.157. The molecule has 0 spiro atoms. The van der Waals surface area contributed by atoms with E-state index in [-0.39, 0.29) is 26.2 Å². The molecule has 0 heterocycles. The van der Waals surface area contributed by atoms with Crippen molar-refractivity contribution in [2.24, 2.45) is 10.8 Å². The molecule has 0 saturated carbocycles. The predicted molar refractivity (Wildman–Crippen MR) is 108 cm³/mol. The normalized spacial score (nSPS) is 17.0. The van der Waals surface area contributed by atoms with Gasteiger partial charge in [0.15, 0.2) is 0 Å². The first-order valence-corrected chi connectivity index (χ1v) is 9.72. The second-order valence-corrected chi connectivity index (χ2v) is 8.72. The average Bonchev–Trinajstić information content (AvgIpc) is 3.09. The van der Waals surface area contributed by atoms with E-state index in [0.29, 0.717) is 10.8 Å². The summed E-state index contributed by atoms with van der Waals surface area (Å²) in [6.45, 7) is 18.1. The van der Waals surface area contributed by atoms with E-state index in [1.807, 2.05) is 0 Å². The first-order valence-electron chi connectivity index (χ1n) is 9.72. The van der Waals surface area contributed by atoms with Gasteiger partial charge in [-0.25, -0.2) is 35.5 Å². The van der Waals surface area contributed by atoms with Crippen molar-refractivity contribution in [1.29, 1.82) is 0 Å². The molecule has 0 aliphatic heterocycles. The van der Waals surface area contributed by atoms with Crippen molar-refractivity contribution in [2.45, 2.75) is 93.9 Å². The van der Waals surface area contributed by atoms with Gasteiger partial charge in [-0.3, -0.25) is 0 Å². The summed E-state index contributed by atoms with van der Waals surface area (Å²) < 4.78 is 0. The molecule has 0 aromatic rings. The van der Waals surface area contributed by atoms with E-state index in [2.05, 4.69) is 79.7 Å². The molecular weight excluding hydrogens is 379 g/mol. The SMILES string of the molecule is CCCC(C)(C)C1=CCC(C)=[C-]1.CCCC(C)(C)C1=CCC(C)=[C-]1.[Zr+2]. The molecule has 0 N–H and O–H groups in total. The van der Waals surface area contributed by atoms with Crippen LogP contribution in [-0.4, -0.2) is 0 Å². The summed E-state index contributed by atoms with van der Waals surface area (Å²) in [5.41, 5.74) is 6.28. The van der Waals surface area contributed by atoms with Crippen molar-refractivity contribution in [3.05, 3.63) is 46.6 Å². The van der Waals surface area contributed by atoms with Crippen LogP contribution in [0.2, 0.25) is 0 Å². The molecule has 0 aromatic carbocycles. The van der Waals surface area contributed by atoms with Crippen LogP contribution in [0.1, 0.15) is 93.9 Å². The summed E-state index contributed by atoms with van der Waals surface area (Å²) in [6.07, 6.45) is 18.8. The number of rotatable bonds is 6. The average molecular weight is 418 g/mol. The van der Waals surface area contributed by atoms with E-state index in [4.69, 9.17) is 0 Å². The molecule has 2 aliphatic rings. The van der Waals surface area contributed by atoms with E-state index in [1.165, 1.54) is 48.0 Å². The predicted octanol–water partition coefficient (Wildman–Crippen LogP) is 7.78. The zero-order valence-electron chi connectivity index (χ0n) is 17.9. The minimum atomic E-state index is 0. The Kier molecular flexibility index (Phi) is 10.8. The van der Waals surface area contributed by atoms with E-state index in [1.54, 1.807) is 0 Å². The Morgan fingerprint density at radius 3 is 1.28 bits per heavy atom. The van der Waals surface area contributed by atoms with Gasteiger partial charge in [-0.15, -0.1) is 0 Å². The Bertz CT molecular complexity index is 488. The third-order valence-electron chi connectivity index (χ3n) is 5.13. The Balaban J connectivity index is 0.000000443. The maximum absolute atomic E-state index is 3.46. The van der Waals surface area contributed by atoms with E-state index in [0.717, 1.165) is 12.8 Å². The Morgan fingerprint density at radius 1 is 0.760 bits per heavy atom. The quantitative estimate of drug-likeness (QED) is 0.387. The van der Waals surface area contributed by atoms with Gasteiger partial charge in [0.1, 0.15) is 0 Å². The van der Waals surface area contributed by atoms with Crippen LogP contribution in [0.3, 0.4) is 0 Å². The zero-order valence-corrected chi connectivity index (χ0v) is 20.4.